The highest BCUT2D eigenvalue weighted by molar-refractivity contribution is 14.0. The van der Waals surface area contributed by atoms with Crippen molar-refractivity contribution in [2.75, 3.05) is 20.6 Å². The minimum atomic E-state index is -0.0746. The van der Waals surface area contributed by atoms with E-state index in [0.29, 0.717) is 18.7 Å². The van der Waals surface area contributed by atoms with E-state index in [4.69, 9.17) is 4.52 Å². The predicted octanol–water partition coefficient (Wildman–Crippen LogP) is 2.68. The lowest BCUT2D eigenvalue weighted by Crippen LogP contribution is -2.38. The zero-order valence-electron chi connectivity index (χ0n) is 17.0. The summed E-state index contributed by atoms with van der Waals surface area (Å²) < 4.78 is 5.40. The van der Waals surface area contributed by atoms with Crippen LogP contribution in [-0.2, 0) is 25.8 Å². The van der Waals surface area contributed by atoms with Gasteiger partial charge in [0.05, 0.1) is 5.69 Å². The fourth-order valence-electron chi connectivity index (χ4n) is 2.87. The number of aromatic nitrogens is 1. The summed E-state index contributed by atoms with van der Waals surface area (Å²) in [5, 5.41) is 13.4. The van der Waals surface area contributed by atoms with Gasteiger partial charge in [0.25, 0.3) is 5.91 Å². The molecule has 0 unspecified atom stereocenters. The molecule has 154 valence electrons. The Labute approximate surface area is 183 Å². The largest absolute Gasteiger partial charge is 0.361 e. The summed E-state index contributed by atoms with van der Waals surface area (Å²) >= 11 is 0. The van der Waals surface area contributed by atoms with Crippen LogP contribution in [0.3, 0.4) is 0 Å². The Morgan fingerprint density at radius 2 is 2.00 bits per heavy atom. The Hall–Kier alpha value is -2.10. The number of halogens is 1. The molecule has 1 heterocycles. The van der Waals surface area contributed by atoms with Gasteiger partial charge in [-0.2, -0.15) is 0 Å². The maximum atomic E-state index is 11.7. The summed E-state index contributed by atoms with van der Waals surface area (Å²) in [5.74, 6) is 1.57. The van der Waals surface area contributed by atoms with Gasteiger partial charge in [-0.3, -0.25) is 9.79 Å². The van der Waals surface area contributed by atoms with Gasteiger partial charge in [0.1, 0.15) is 5.76 Å². The van der Waals surface area contributed by atoms with Crippen molar-refractivity contribution in [1.29, 1.82) is 0 Å². The number of guanidine groups is 1. The fraction of sp³-hybridized carbons (Fsp3) is 0.450. The third-order valence-corrected chi connectivity index (χ3v) is 4.39. The molecule has 28 heavy (non-hydrogen) atoms. The number of hydrogen-bond donors (Lipinski definition) is 3. The lowest BCUT2D eigenvalue weighted by Gasteiger charge is -2.12. The molecule has 2 aromatic rings. The van der Waals surface area contributed by atoms with E-state index in [-0.39, 0.29) is 29.9 Å². The molecule has 2 rings (SSSR count). The quantitative estimate of drug-likeness (QED) is 0.295. The van der Waals surface area contributed by atoms with Crippen molar-refractivity contribution >= 4 is 35.8 Å². The number of carbonyl (C=O) groups excluding carboxylic acids is 1. The van der Waals surface area contributed by atoms with E-state index in [2.05, 4.69) is 39.9 Å². The Kier molecular flexibility index (Phi) is 10.6. The second-order valence-electron chi connectivity index (χ2n) is 6.12. The molecule has 0 saturated heterocycles. The maximum Gasteiger partial charge on any atom is 0.251 e. The van der Waals surface area contributed by atoms with Crippen molar-refractivity contribution in [2.24, 2.45) is 4.99 Å². The summed E-state index contributed by atoms with van der Waals surface area (Å²) in [5.41, 5.74) is 3.87. The van der Waals surface area contributed by atoms with Crippen LogP contribution >= 0.6 is 24.0 Å². The molecule has 0 aliphatic carbocycles. The van der Waals surface area contributed by atoms with Crippen molar-refractivity contribution in [1.82, 2.24) is 21.1 Å². The number of hydrogen-bond acceptors (Lipinski definition) is 4. The van der Waals surface area contributed by atoms with Crippen LogP contribution in [0, 0.1) is 0 Å². The Morgan fingerprint density at radius 3 is 2.64 bits per heavy atom. The van der Waals surface area contributed by atoms with Crippen molar-refractivity contribution in [2.45, 2.75) is 39.7 Å². The number of carbonyl (C=O) groups is 1. The van der Waals surface area contributed by atoms with Gasteiger partial charge in [0.2, 0.25) is 0 Å². The van der Waals surface area contributed by atoms with E-state index in [0.717, 1.165) is 47.8 Å². The van der Waals surface area contributed by atoms with Crippen LogP contribution in [0.4, 0.5) is 0 Å². The molecule has 0 bridgehead atoms. The molecule has 3 N–H and O–H groups in total. The Bertz CT molecular complexity index is 767. The number of benzene rings is 1. The molecule has 0 saturated carbocycles. The monoisotopic (exact) mass is 499 g/mol. The highest BCUT2D eigenvalue weighted by Gasteiger charge is 2.13. The number of aliphatic imine (C=N–C) groups is 1. The van der Waals surface area contributed by atoms with Crippen molar-refractivity contribution in [3.05, 3.63) is 52.4 Å². The van der Waals surface area contributed by atoms with Crippen LogP contribution < -0.4 is 16.0 Å². The van der Waals surface area contributed by atoms with Gasteiger partial charge in [0, 0.05) is 44.7 Å². The van der Waals surface area contributed by atoms with Gasteiger partial charge in [-0.1, -0.05) is 31.1 Å². The average Bonchev–Trinajstić information content (AvgIpc) is 3.12. The highest BCUT2D eigenvalue weighted by atomic mass is 127. The summed E-state index contributed by atoms with van der Waals surface area (Å²) in [4.78, 5) is 16.0. The first-order valence-electron chi connectivity index (χ1n) is 9.34. The molecule has 1 aromatic heterocycles. The average molecular weight is 499 g/mol. The number of aryl methyl sites for hydroxylation is 2. The van der Waals surface area contributed by atoms with Crippen LogP contribution in [0.1, 0.15) is 46.8 Å². The smallest absolute Gasteiger partial charge is 0.251 e. The SMILES string of the molecule is CCc1noc(CC)c1CNC(=NC)NCCc1cccc(C(=O)NC)c1.I. The first kappa shape index (κ1) is 23.9. The number of nitrogens with one attached hydrogen (secondary N) is 3. The summed E-state index contributed by atoms with van der Waals surface area (Å²) in [6, 6.07) is 7.64. The molecule has 7 nitrogen and oxygen atoms in total. The van der Waals surface area contributed by atoms with Gasteiger partial charge >= 0.3 is 0 Å². The van der Waals surface area contributed by atoms with E-state index in [1.807, 2.05) is 24.3 Å². The Balaban J connectivity index is 0.00000392. The molecule has 0 spiro atoms. The second kappa shape index (κ2) is 12.4. The van der Waals surface area contributed by atoms with Crippen LogP contribution in [0.2, 0.25) is 0 Å². The minimum Gasteiger partial charge on any atom is -0.361 e. The highest BCUT2D eigenvalue weighted by Crippen LogP contribution is 2.15. The standard InChI is InChI=1S/C20H29N5O2.HI/c1-5-17-16(18(6-2)27-25-17)13-24-20(22-4)23-11-10-14-8-7-9-15(12-14)19(26)21-3;/h7-9,12H,5-6,10-11,13H2,1-4H3,(H,21,26)(H2,22,23,24);1H. The molecule has 0 aliphatic heterocycles. The lowest BCUT2D eigenvalue weighted by atomic mass is 10.1. The van der Waals surface area contributed by atoms with Crippen molar-refractivity contribution in [3.63, 3.8) is 0 Å². The van der Waals surface area contributed by atoms with E-state index < -0.39 is 0 Å². The van der Waals surface area contributed by atoms with Crippen molar-refractivity contribution in [3.8, 4) is 0 Å². The first-order valence-corrected chi connectivity index (χ1v) is 9.34. The van der Waals surface area contributed by atoms with Crippen LogP contribution in [0.15, 0.2) is 33.8 Å². The minimum absolute atomic E-state index is 0. The van der Waals surface area contributed by atoms with Gasteiger partial charge in [-0.05, 0) is 30.5 Å². The van der Waals surface area contributed by atoms with E-state index >= 15 is 0 Å². The predicted molar refractivity (Wildman–Crippen MR) is 122 cm³/mol. The van der Waals surface area contributed by atoms with Gasteiger partial charge in [-0.15, -0.1) is 24.0 Å². The zero-order chi connectivity index (χ0) is 19.6. The number of rotatable bonds is 8. The van der Waals surface area contributed by atoms with Crippen LogP contribution in [-0.4, -0.2) is 37.7 Å². The summed E-state index contributed by atoms with van der Waals surface area (Å²) in [6.07, 6.45) is 2.45. The molecule has 1 amide bonds. The van der Waals surface area contributed by atoms with Gasteiger partial charge < -0.3 is 20.5 Å². The third kappa shape index (κ3) is 6.50. The second-order valence-corrected chi connectivity index (χ2v) is 6.12. The topological polar surface area (TPSA) is 91.6 Å². The normalized spacial score (nSPS) is 10.9. The van der Waals surface area contributed by atoms with Gasteiger partial charge in [-0.25, -0.2) is 0 Å². The molecular weight excluding hydrogens is 469 g/mol. The molecule has 8 heteroatoms. The van der Waals surface area contributed by atoms with Gasteiger partial charge in [0.15, 0.2) is 5.96 Å². The summed E-state index contributed by atoms with van der Waals surface area (Å²) in [6.45, 7) is 5.47. The van der Waals surface area contributed by atoms with E-state index in [1.54, 1.807) is 14.1 Å². The number of amides is 1. The van der Waals surface area contributed by atoms with Crippen LogP contribution in [0.25, 0.3) is 0 Å². The molecule has 1 aromatic carbocycles. The lowest BCUT2D eigenvalue weighted by molar-refractivity contribution is 0.0963. The van der Waals surface area contributed by atoms with E-state index in [9.17, 15) is 4.79 Å². The molecule has 0 fully saturated rings. The zero-order valence-corrected chi connectivity index (χ0v) is 19.3. The molecular formula is C20H30IN5O2. The first-order chi connectivity index (χ1) is 13.1. The fourth-order valence-corrected chi connectivity index (χ4v) is 2.87. The third-order valence-electron chi connectivity index (χ3n) is 4.39. The Morgan fingerprint density at radius 1 is 1.21 bits per heavy atom. The maximum absolute atomic E-state index is 11.7. The summed E-state index contributed by atoms with van der Waals surface area (Å²) in [7, 11) is 3.38. The van der Waals surface area contributed by atoms with Crippen LogP contribution in [0.5, 0.6) is 0 Å². The number of nitrogens with zero attached hydrogens (tertiary/aromatic N) is 2. The molecule has 0 aliphatic rings. The molecule has 0 radical (unpaired) electrons. The van der Waals surface area contributed by atoms with Crippen molar-refractivity contribution < 1.29 is 9.32 Å². The van der Waals surface area contributed by atoms with E-state index in [1.165, 1.54) is 0 Å². The molecule has 0 atom stereocenters.